The fraction of sp³-hybridized carbons (Fsp3) is 0.793. The predicted octanol–water partition coefficient (Wildman–Crippen LogP) is 8.75. The van der Waals surface area contributed by atoms with E-state index in [4.69, 9.17) is 0 Å². The van der Waals surface area contributed by atoms with Gasteiger partial charge in [-0.1, -0.05) is 83.4 Å². The first kappa shape index (κ1) is 21.5. The maximum Gasteiger partial charge on any atom is -0.00474 e. The van der Waals surface area contributed by atoms with Gasteiger partial charge in [0.1, 0.15) is 0 Å². The molecule has 0 N–H and O–H groups in total. The zero-order valence-corrected chi connectivity index (χ0v) is 20.1. The van der Waals surface area contributed by atoms with Gasteiger partial charge in [0.15, 0.2) is 0 Å². The van der Waals surface area contributed by atoms with Gasteiger partial charge >= 0.3 is 0 Å². The molecular weight excluding hydrogens is 348 g/mol. The summed E-state index contributed by atoms with van der Waals surface area (Å²) in [6.45, 7) is 14.8. The van der Waals surface area contributed by atoms with Gasteiger partial charge in [-0.25, -0.2) is 0 Å². The van der Waals surface area contributed by atoms with Gasteiger partial charge in [-0.15, -0.1) is 0 Å². The van der Waals surface area contributed by atoms with Crippen molar-refractivity contribution in [2.75, 3.05) is 0 Å². The molecule has 0 aliphatic heterocycles. The molecule has 0 aromatic heterocycles. The average Bonchev–Trinajstić information content (AvgIpc) is 3.04. The van der Waals surface area contributed by atoms with Gasteiger partial charge in [0.25, 0.3) is 0 Å². The van der Waals surface area contributed by atoms with E-state index in [2.05, 4.69) is 65.8 Å². The Hall–Kier alpha value is -0.780. The van der Waals surface area contributed by atoms with Crippen molar-refractivity contribution in [2.24, 2.45) is 46.3 Å². The van der Waals surface area contributed by atoms with Crippen LogP contribution in [0.1, 0.15) is 99.3 Å². The van der Waals surface area contributed by atoms with Gasteiger partial charge in [-0.3, -0.25) is 0 Å². The molecular formula is C29H46. The molecule has 3 saturated carbocycles. The molecule has 0 nitrogen and oxygen atoms in total. The van der Waals surface area contributed by atoms with Crippen LogP contribution in [0.4, 0.5) is 0 Å². The van der Waals surface area contributed by atoms with Crippen molar-refractivity contribution in [3.63, 3.8) is 0 Å². The van der Waals surface area contributed by atoms with Gasteiger partial charge in [-0.2, -0.15) is 0 Å². The van der Waals surface area contributed by atoms with Crippen LogP contribution >= 0.6 is 0 Å². The first-order valence-corrected chi connectivity index (χ1v) is 12.9. The molecule has 3 unspecified atom stereocenters. The highest BCUT2D eigenvalue weighted by Gasteiger charge is 2.56. The molecule has 0 amide bonds. The summed E-state index contributed by atoms with van der Waals surface area (Å²) in [6, 6.07) is 0. The van der Waals surface area contributed by atoms with Crippen molar-refractivity contribution in [3.05, 3.63) is 35.5 Å². The lowest BCUT2D eigenvalue weighted by Crippen LogP contribution is -2.46. The summed E-state index contributed by atoms with van der Waals surface area (Å²) in [5.74, 6) is 4.98. The molecule has 0 heteroatoms. The van der Waals surface area contributed by atoms with E-state index in [0.29, 0.717) is 10.8 Å². The minimum atomic E-state index is 0.470. The Labute approximate surface area is 181 Å². The molecule has 0 bridgehead atoms. The minimum absolute atomic E-state index is 0.470. The Morgan fingerprint density at radius 2 is 1.79 bits per heavy atom. The zero-order chi connectivity index (χ0) is 20.8. The van der Waals surface area contributed by atoms with E-state index in [1.807, 2.05) is 5.57 Å². The van der Waals surface area contributed by atoms with Crippen molar-refractivity contribution >= 4 is 0 Å². The Morgan fingerprint density at radius 1 is 1.00 bits per heavy atom. The second-order valence-electron chi connectivity index (χ2n) is 12.0. The van der Waals surface area contributed by atoms with Crippen molar-refractivity contribution in [2.45, 2.75) is 99.3 Å². The lowest BCUT2D eigenvalue weighted by atomic mass is 9.49. The number of hydrogen-bond acceptors (Lipinski definition) is 0. The third-order valence-electron chi connectivity index (χ3n) is 10.0. The van der Waals surface area contributed by atoms with Crippen LogP contribution < -0.4 is 0 Å². The molecule has 0 aromatic carbocycles. The summed E-state index contributed by atoms with van der Waals surface area (Å²) >= 11 is 0. The normalized spacial score (nSPS) is 42.9. The molecule has 4 aliphatic carbocycles. The number of fused-ring (bicyclic) bond motifs is 5. The van der Waals surface area contributed by atoms with Crippen LogP contribution in [0.2, 0.25) is 0 Å². The summed E-state index contributed by atoms with van der Waals surface area (Å²) in [5, 5.41) is 0. The van der Waals surface area contributed by atoms with Crippen LogP contribution in [0.15, 0.2) is 35.5 Å². The van der Waals surface area contributed by atoms with E-state index in [0.717, 1.165) is 35.5 Å². The standard InChI is InChI=1S/C29H46/c1-7-22-15-17-28(5)23(19-22)11-12-24-26-14-13-25(21(4)10-8-9-20(2)3)29(26,6)18-16-27(24)28/h8,10-12,20-22,25-27H,7,9,13-19H2,1-6H3/b10-8+/t21-,22+,25?,26?,27?,28+,29-/m1/s1. The third-order valence-corrected chi connectivity index (χ3v) is 10.0. The third kappa shape index (κ3) is 3.61. The summed E-state index contributed by atoms with van der Waals surface area (Å²) in [7, 11) is 0. The van der Waals surface area contributed by atoms with Crippen molar-refractivity contribution < 1.29 is 0 Å². The molecule has 3 fully saturated rings. The SMILES string of the molecule is CC[C@H]1CC[C@@]2(C)C(=CC=C3C4CCC([C@H](C)/C=C/CC(C)C)[C@@]4(C)CCC32)C1. The highest BCUT2D eigenvalue weighted by molar-refractivity contribution is 5.38. The molecule has 162 valence electrons. The minimum Gasteiger partial charge on any atom is -0.0880 e. The lowest BCUT2D eigenvalue weighted by molar-refractivity contribution is 0.0530. The molecule has 0 spiro atoms. The first-order chi connectivity index (χ1) is 13.8. The number of allylic oxidation sites excluding steroid dienone is 6. The molecule has 0 heterocycles. The van der Waals surface area contributed by atoms with Gasteiger partial charge in [0.05, 0.1) is 0 Å². The smallest absolute Gasteiger partial charge is 0.00474 e. The van der Waals surface area contributed by atoms with Crippen LogP contribution in [0.5, 0.6) is 0 Å². The summed E-state index contributed by atoms with van der Waals surface area (Å²) < 4.78 is 0. The Morgan fingerprint density at radius 3 is 2.52 bits per heavy atom. The Kier molecular flexibility index (Phi) is 5.95. The largest absolute Gasteiger partial charge is 0.0880 e. The van der Waals surface area contributed by atoms with Gasteiger partial charge in [0, 0.05) is 0 Å². The van der Waals surface area contributed by atoms with E-state index in [-0.39, 0.29) is 0 Å². The molecule has 0 radical (unpaired) electrons. The predicted molar refractivity (Wildman–Crippen MR) is 127 cm³/mol. The van der Waals surface area contributed by atoms with Crippen LogP contribution in [0.25, 0.3) is 0 Å². The highest BCUT2D eigenvalue weighted by atomic mass is 14.6. The first-order valence-electron chi connectivity index (χ1n) is 12.9. The summed E-state index contributed by atoms with van der Waals surface area (Å²) in [5.41, 5.74) is 4.65. The lowest BCUT2D eigenvalue weighted by Gasteiger charge is -2.55. The van der Waals surface area contributed by atoms with Crippen molar-refractivity contribution in [1.29, 1.82) is 0 Å². The highest BCUT2D eigenvalue weighted by Crippen LogP contribution is 2.66. The van der Waals surface area contributed by atoms with Crippen LogP contribution in [-0.2, 0) is 0 Å². The molecule has 4 aliphatic rings. The molecule has 0 saturated heterocycles. The maximum absolute atomic E-state index is 2.66. The van der Waals surface area contributed by atoms with Gasteiger partial charge in [0.2, 0.25) is 0 Å². The van der Waals surface area contributed by atoms with E-state index in [9.17, 15) is 0 Å². The summed E-state index contributed by atoms with van der Waals surface area (Å²) in [4.78, 5) is 0. The molecule has 0 aromatic rings. The van der Waals surface area contributed by atoms with Crippen molar-refractivity contribution in [3.8, 4) is 0 Å². The van der Waals surface area contributed by atoms with Gasteiger partial charge < -0.3 is 0 Å². The topological polar surface area (TPSA) is 0 Å². The average molecular weight is 395 g/mol. The van der Waals surface area contributed by atoms with Crippen LogP contribution in [0.3, 0.4) is 0 Å². The van der Waals surface area contributed by atoms with E-state index >= 15 is 0 Å². The Balaban J connectivity index is 1.56. The van der Waals surface area contributed by atoms with Crippen LogP contribution in [0, 0.1) is 46.3 Å². The van der Waals surface area contributed by atoms with E-state index in [1.165, 1.54) is 57.8 Å². The number of rotatable bonds is 5. The molecule has 29 heavy (non-hydrogen) atoms. The monoisotopic (exact) mass is 394 g/mol. The number of hydrogen-bond donors (Lipinski definition) is 0. The summed E-state index contributed by atoms with van der Waals surface area (Å²) in [6.07, 6.45) is 22.9. The van der Waals surface area contributed by atoms with E-state index < -0.39 is 0 Å². The second kappa shape index (κ2) is 8.05. The fourth-order valence-corrected chi connectivity index (χ4v) is 8.03. The zero-order valence-electron chi connectivity index (χ0n) is 20.1. The van der Waals surface area contributed by atoms with E-state index in [1.54, 1.807) is 5.57 Å². The van der Waals surface area contributed by atoms with Crippen LogP contribution in [-0.4, -0.2) is 0 Å². The Bertz CT molecular complexity index is 691. The second-order valence-corrected chi connectivity index (χ2v) is 12.0. The maximum atomic E-state index is 2.66. The fourth-order valence-electron chi connectivity index (χ4n) is 8.03. The molecule has 4 rings (SSSR count). The quantitative estimate of drug-likeness (QED) is 0.409. The molecule has 7 atom stereocenters. The van der Waals surface area contributed by atoms with Crippen molar-refractivity contribution in [1.82, 2.24) is 0 Å². The van der Waals surface area contributed by atoms with Gasteiger partial charge in [-0.05, 0) is 97.7 Å².